The van der Waals surface area contributed by atoms with Crippen LogP contribution in [0.15, 0.2) is 24.3 Å². The lowest BCUT2D eigenvalue weighted by atomic mass is 10.1. The summed E-state index contributed by atoms with van der Waals surface area (Å²) in [6.45, 7) is 3.47. The molecule has 1 aromatic rings. The van der Waals surface area contributed by atoms with E-state index in [9.17, 15) is 18.0 Å². The summed E-state index contributed by atoms with van der Waals surface area (Å²) >= 11 is 5.88. The van der Waals surface area contributed by atoms with Crippen molar-refractivity contribution in [2.75, 3.05) is 36.7 Å². The first kappa shape index (κ1) is 19.5. The quantitative estimate of drug-likeness (QED) is 0.687. The monoisotopic (exact) mass is 387 g/mol. The van der Waals surface area contributed by atoms with E-state index < -0.39 is 16.1 Å². The Bertz CT molecular complexity index is 715. The molecule has 2 amide bonds. The highest BCUT2D eigenvalue weighted by molar-refractivity contribution is 7.92. The summed E-state index contributed by atoms with van der Waals surface area (Å²) in [5.41, 5.74) is 0.402. The fraction of sp³-hybridized carbons (Fsp3) is 0.500. The smallest absolute Gasteiger partial charge is 0.246 e. The summed E-state index contributed by atoms with van der Waals surface area (Å²) in [7, 11) is -3.67. The van der Waals surface area contributed by atoms with E-state index in [1.807, 2.05) is 0 Å². The summed E-state index contributed by atoms with van der Waals surface area (Å²) in [4.78, 5) is 27.0. The Kier molecular flexibility index (Phi) is 6.29. The maximum Gasteiger partial charge on any atom is 0.246 e. The Balaban J connectivity index is 2.29. The molecule has 0 aliphatic carbocycles. The van der Waals surface area contributed by atoms with E-state index in [4.69, 9.17) is 11.6 Å². The Hall–Kier alpha value is -1.80. The van der Waals surface area contributed by atoms with Gasteiger partial charge in [-0.05, 0) is 30.7 Å². The van der Waals surface area contributed by atoms with Crippen LogP contribution in [0.25, 0.3) is 0 Å². The standard InChI is InChI=1S/C16H22ClN3O4S/c1-3-15(16(22)19-10-8-18(12-21)9-11-19)20(25(2,23)24)14-6-4-13(17)5-7-14/h4-7,12,15H,3,8-11H2,1-2H3. The van der Waals surface area contributed by atoms with Gasteiger partial charge in [0.1, 0.15) is 6.04 Å². The van der Waals surface area contributed by atoms with E-state index in [0.717, 1.165) is 17.0 Å². The summed E-state index contributed by atoms with van der Waals surface area (Å²) in [6.07, 6.45) is 2.18. The molecule has 7 nitrogen and oxygen atoms in total. The van der Waals surface area contributed by atoms with Crippen molar-refractivity contribution in [1.82, 2.24) is 9.80 Å². The Morgan fingerprint density at radius 1 is 1.24 bits per heavy atom. The summed E-state index contributed by atoms with van der Waals surface area (Å²) in [6, 6.07) is 5.52. The van der Waals surface area contributed by atoms with Gasteiger partial charge in [0.25, 0.3) is 0 Å². The third kappa shape index (κ3) is 4.64. The lowest BCUT2D eigenvalue weighted by Crippen LogP contribution is -2.55. The minimum atomic E-state index is -3.67. The van der Waals surface area contributed by atoms with Crippen molar-refractivity contribution in [3.63, 3.8) is 0 Å². The molecule has 0 saturated carbocycles. The van der Waals surface area contributed by atoms with Crippen LogP contribution in [0.3, 0.4) is 0 Å². The van der Waals surface area contributed by atoms with Crippen LogP contribution in [0.5, 0.6) is 0 Å². The zero-order valence-corrected chi connectivity index (χ0v) is 15.8. The van der Waals surface area contributed by atoms with Crippen molar-refractivity contribution in [2.24, 2.45) is 0 Å². The second-order valence-electron chi connectivity index (χ2n) is 5.93. The first-order chi connectivity index (χ1) is 11.8. The predicted molar refractivity (Wildman–Crippen MR) is 97.1 cm³/mol. The zero-order chi connectivity index (χ0) is 18.6. The molecule has 0 bridgehead atoms. The number of carbonyl (C=O) groups excluding carboxylic acids is 2. The largest absolute Gasteiger partial charge is 0.342 e. The predicted octanol–water partition coefficient (Wildman–Crippen LogP) is 1.19. The molecule has 138 valence electrons. The average molecular weight is 388 g/mol. The average Bonchev–Trinajstić information content (AvgIpc) is 2.59. The number of carbonyl (C=O) groups is 2. The van der Waals surface area contributed by atoms with Crippen molar-refractivity contribution >= 4 is 39.6 Å². The van der Waals surface area contributed by atoms with Crippen LogP contribution in [0.4, 0.5) is 5.69 Å². The molecule has 0 N–H and O–H groups in total. The summed E-state index contributed by atoms with van der Waals surface area (Å²) < 4.78 is 25.9. The van der Waals surface area contributed by atoms with E-state index in [2.05, 4.69) is 0 Å². The third-order valence-corrected chi connectivity index (χ3v) is 5.60. The van der Waals surface area contributed by atoms with Crippen molar-refractivity contribution < 1.29 is 18.0 Å². The number of halogens is 1. The molecule has 1 atom stereocenters. The lowest BCUT2D eigenvalue weighted by Gasteiger charge is -2.37. The molecular formula is C16H22ClN3O4S. The molecule has 9 heteroatoms. The van der Waals surface area contributed by atoms with Crippen LogP contribution >= 0.6 is 11.6 Å². The number of anilines is 1. The van der Waals surface area contributed by atoms with Gasteiger partial charge >= 0.3 is 0 Å². The highest BCUT2D eigenvalue weighted by Crippen LogP contribution is 2.25. The topological polar surface area (TPSA) is 78.0 Å². The minimum absolute atomic E-state index is 0.256. The SMILES string of the molecule is CCC(C(=O)N1CCN(C=O)CC1)N(c1ccc(Cl)cc1)S(C)(=O)=O. The molecule has 1 aliphatic heterocycles. The molecule has 0 radical (unpaired) electrons. The Morgan fingerprint density at radius 3 is 2.24 bits per heavy atom. The van der Waals surface area contributed by atoms with Gasteiger partial charge in [-0.2, -0.15) is 0 Å². The number of hydrogen-bond donors (Lipinski definition) is 0. The molecule has 1 fully saturated rings. The Morgan fingerprint density at radius 2 is 1.80 bits per heavy atom. The van der Waals surface area contributed by atoms with Gasteiger partial charge in [-0.25, -0.2) is 8.42 Å². The van der Waals surface area contributed by atoms with Crippen molar-refractivity contribution in [1.29, 1.82) is 0 Å². The zero-order valence-electron chi connectivity index (χ0n) is 14.3. The van der Waals surface area contributed by atoms with Gasteiger partial charge in [0.05, 0.1) is 11.9 Å². The second kappa shape index (κ2) is 8.05. The molecule has 2 rings (SSSR count). The molecule has 1 saturated heterocycles. The highest BCUT2D eigenvalue weighted by Gasteiger charge is 2.35. The molecule has 1 aromatic carbocycles. The number of sulfonamides is 1. The van der Waals surface area contributed by atoms with Crippen LogP contribution in [-0.2, 0) is 19.6 Å². The molecule has 0 spiro atoms. The van der Waals surface area contributed by atoms with E-state index in [1.165, 1.54) is 0 Å². The van der Waals surface area contributed by atoms with Crippen LogP contribution < -0.4 is 4.31 Å². The van der Waals surface area contributed by atoms with Gasteiger partial charge in [-0.15, -0.1) is 0 Å². The van der Waals surface area contributed by atoms with E-state index in [-0.39, 0.29) is 5.91 Å². The second-order valence-corrected chi connectivity index (χ2v) is 8.22. The number of hydrogen-bond acceptors (Lipinski definition) is 4. The van der Waals surface area contributed by atoms with Crippen molar-refractivity contribution in [3.05, 3.63) is 29.3 Å². The van der Waals surface area contributed by atoms with Crippen LogP contribution in [0.2, 0.25) is 5.02 Å². The van der Waals surface area contributed by atoms with Crippen LogP contribution in [0, 0.1) is 0 Å². The van der Waals surface area contributed by atoms with Gasteiger partial charge in [0.15, 0.2) is 0 Å². The summed E-state index contributed by atoms with van der Waals surface area (Å²) in [5.74, 6) is -0.256. The van der Waals surface area contributed by atoms with E-state index in [0.29, 0.717) is 43.3 Å². The highest BCUT2D eigenvalue weighted by atomic mass is 35.5. The van der Waals surface area contributed by atoms with Crippen LogP contribution in [0.1, 0.15) is 13.3 Å². The van der Waals surface area contributed by atoms with Gasteiger partial charge in [0.2, 0.25) is 22.3 Å². The first-order valence-corrected chi connectivity index (χ1v) is 10.2. The van der Waals surface area contributed by atoms with Gasteiger partial charge in [0, 0.05) is 31.2 Å². The molecule has 1 heterocycles. The van der Waals surface area contributed by atoms with Gasteiger partial charge in [-0.1, -0.05) is 18.5 Å². The number of amides is 2. The number of benzene rings is 1. The normalized spacial score (nSPS) is 16.4. The number of rotatable bonds is 6. The molecule has 1 aliphatic rings. The Labute approximate surface area is 153 Å². The number of piperazine rings is 1. The van der Waals surface area contributed by atoms with Crippen LogP contribution in [-0.4, -0.2) is 69.0 Å². The van der Waals surface area contributed by atoms with E-state index >= 15 is 0 Å². The fourth-order valence-electron chi connectivity index (χ4n) is 2.89. The lowest BCUT2D eigenvalue weighted by molar-refractivity contribution is -0.136. The molecular weight excluding hydrogens is 366 g/mol. The fourth-order valence-corrected chi connectivity index (χ4v) is 4.22. The molecule has 25 heavy (non-hydrogen) atoms. The maximum atomic E-state index is 12.9. The minimum Gasteiger partial charge on any atom is -0.342 e. The summed E-state index contributed by atoms with van der Waals surface area (Å²) in [5, 5.41) is 0.488. The van der Waals surface area contributed by atoms with E-state index in [1.54, 1.807) is 41.0 Å². The molecule has 0 aromatic heterocycles. The van der Waals surface area contributed by atoms with Crippen molar-refractivity contribution in [2.45, 2.75) is 19.4 Å². The molecule has 1 unspecified atom stereocenters. The van der Waals surface area contributed by atoms with Crippen molar-refractivity contribution in [3.8, 4) is 0 Å². The first-order valence-electron chi connectivity index (χ1n) is 8.01. The van der Waals surface area contributed by atoms with Gasteiger partial charge < -0.3 is 9.80 Å². The maximum absolute atomic E-state index is 12.9. The third-order valence-electron chi connectivity index (χ3n) is 4.17. The van der Waals surface area contributed by atoms with Gasteiger partial charge in [-0.3, -0.25) is 13.9 Å². The number of nitrogens with zero attached hydrogens (tertiary/aromatic N) is 3.